The molecule has 2 atom stereocenters. The van der Waals surface area contributed by atoms with Crippen LogP contribution in [0.4, 0.5) is 0 Å². The lowest BCUT2D eigenvalue weighted by Gasteiger charge is -2.28. The minimum atomic E-state index is -0.405. The molecule has 0 aromatic rings. The molecule has 1 unspecified atom stereocenters. The summed E-state index contributed by atoms with van der Waals surface area (Å²) in [5.74, 6) is 0. The molecule has 0 bridgehead atoms. The summed E-state index contributed by atoms with van der Waals surface area (Å²) in [7, 11) is 0. The van der Waals surface area contributed by atoms with Gasteiger partial charge in [-0.3, -0.25) is 0 Å². The van der Waals surface area contributed by atoms with Crippen LogP contribution in [0, 0.1) is 5.41 Å². The molecule has 0 radical (unpaired) electrons. The SMILES string of the molecule is CC(N)[C@H](O)C(C)(C)C. The highest BCUT2D eigenvalue weighted by Gasteiger charge is 2.24. The van der Waals surface area contributed by atoms with Crippen LogP contribution in [-0.2, 0) is 0 Å². The molecule has 0 aromatic carbocycles. The minimum Gasteiger partial charge on any atom is -0.391 e. The molecule has 0 aliphatic heterocycles. The molecule has 0 spiro atoms. The van der Waals surface area contributed by atoms with Crippen LogP contribution in [-0.4, -0.2) is 17.3 Å². The number of aliphatic hydroxyl groups is 1. The maximum Gasteiger partial charge on any atom is 0.0736 e. The van der Waals surface area contributed by atoms with E-state index in [1.807, 2.05) is 27.7 Å². The van der Waals surface area contributed by atoms with Crippen molar-refractivity contribution < 1.29 is 5.11 Å². The van der Waals surface area contributed by atoms with E-state index in [1.54, 1.807) is 0 Å². The Morgan fingerprint density at radius 1 is 1.33 bits per heavy atom. The van der Waals surface area contributed by atoms with E-state index in [1.165, 1.54) is 0 Å². The topological polar surface area (TPSA) is 46.2 Å². The first-order chi connectivity index (χ1) is 3.85. The summed E-state index contributed by atoms with van der Waals surface area (Å²) in [4.78, 5) is 0. The fourth-order valence-corrected chi connectivity index (χ4v) is 0.789. The third kappa shape index (κ3) is 2.82. The van der Waals surface area contributed by atoms with Gasteiger partial charge in [0.1, 0.15) is 0 Å². The largest absolute Gasteiger partial charge is 0.391 e. The van der Waals surface area contributed by atoms with Gasteiger partial charge in [-0.1, -0.05) is 20.8 Å². The van der Waals surface area contributed by atoms with Gasteiger partial charge in [-0.2, -0.15) is 0 Å². The lowest BCUT2D eigenvalue weighted by molar-refractivity contribution is 0.0455. The normalized spacial score (nSPS) is 19.3. The molecule has 2 heteroatoms. The Morgan fingerprint density at radius 2 is 1.67 bits per heavy atom. The van der Waals surface area contributed by atoms with Gasteiger partial charge in [-0.05, 0) is 12.3 Å². The van der Waals surface area contributed by atoms with Gasteiger partial charge >= 0.3 is 0 Å². The van der Waals surface area contributed by atoms with E-state index in [0.717, 1.165) is 0 Å². The smallest absolute Gasteiger partial charge is 0.0736 e. The molecule has 0 saturated heterocycles. The Morgan fingerprint density at radius 3 is 1.67 bits per heavy atom. The quantitative estimate of drug-likeness (QED) is 0.551. The zero-order chi connectivity index (χ0) is 7.65. The van der Waals surface area contributed by atoms with E-state index in [2.05, 4.69) is 0 Å². The standard InChI is InChI=1S/C7H17NO/c1-5(8)6(9)7(2,3)4/h5-6,9H,8H2,1-4H3/t5?,6-/m0/s1. The number of hydrogen-bond acceptors (Lipinski definition) is 2. The average Bonchev–Trinajstić information content (AvgIpc) is 1.62. The molecule has 3 N–H and O–H groups in total. The van der Waals surface area contributed by atoms with Crippen molar-refractivity contribution in [1.29, 1.82) is 0 Å². The van der Waals surface area contributed by atoms with Gasteiger partial charge in [0.15, 0.2) is 0 Å². The minimum absolute atomic E-state index is 0.0891. The van der Waals surface area contributed by atoms with Gasteiger partial charge in [0.2, 0.25) is 0 Å². The van der Waals surface area contributed by atoms with Crippen LogP contribution < -0.4 is 5.73 Å². The third-order valence-corrected chi connectivity index (χ3v) is 1.39. The van der Waals surface area contributed by atoms with Crippen molar-refractivity contribution in [2.24, 2.45) is 11.1 Å². The fourth-order valence-electron chi connectivity index (χ4n) is 0.789. The number of nitrogens with two attached hydrogens (primary N) is 1. The summed E-state index contributed by atoms with van der Waals surface area (Å²) < 4.78 is 0. The Balaban J connectivity index is 3.88. The predicted molar refractivity (Wildman–Crippen MR) is 39.1 cm³/mol. The average molecular weight is 131 g/mol. The first kappa shape index (κ1) is 8.92. The number of hydrogen-bond donors (Lipinski definition) is 2. The van der Waals surface area contributed by atoms with E-state index in [-0.39, 0.29) is 11.5 Å². The summed E-state index contributed by atoms with van der Waals surface area (Å²) in [6.07, 6.45) is -0.405. The zero-order valence-corrected chi connectivity index (χ0v) is 6.68. The van der Waals surface area contributed by atoms with E-state index in [9.17, 15) is 5.11 Å². The molecule has 0 fully saturated rings. The second-order valence-electron chi connectivity index (χ2n) is 3.67. The fraction of sp³-hybridized carbons (Fsp3) is 1.00. The second-order valence-corrected chi connectivity index (χ2v) is 3.67. The van der Waals surface area contributed by atoms with Crippen molar-refractivity contribution in [2.75, 3.05) is 0 Å². The summed E-state index contributed by atoms with van der Waals surface area (Å²) in [5.41, 5.74) is 5.38. The number of aliphatic hydroxyl groups excluding tert-OH is 1. The van der Waals surface area contributed by atoms with Crippen molar-refractivity contribution in [1.82, 2.24) is 0 Å². The summed E-state index contributed by atoms with van der Waals surface area (Å²) >= 11 is 0. The lowest BCUT2D eigenvalue weighted by Crippen LogP contribution is -2.41. The Labute approximate surface area is 57.1 Å². The molecule has 0 amide bonds. The van der Waals surface area contributed by atoms with Crippen LogP contribution in [0.3, 0.4) is 0 Å². The van der Waals surface area contributed by atoms with E-state index >= 15 is 0 Å². The summed E-state index contributed by atoms with van der Waals surface area (Å²) in [6, 6.07) is -0.134. The molecule has 0 aliphatic rings. The van der Waals surface area contributed by atoms with Gasteiger partial charge in [-0.25, -0.2) is 0 Å². The van der Waals surface area contributed by atoms with Crippen molar-refractivity contribution >= 4 is 0 Å². The zero-order valence-electron chi connectivity index (χ0n) is 6.68. The van der Waals surface area contributed by atoms with Crippen LogP contribution >= 0.6 is 0 Å². The van der Waals surface area contributed by atoms with Gasteiger partial charge in [0.25, 0.3) is 0 Å². The molecule has 0 aliphatic carbocycles. The van der Waals surface area contributed by atoms with Crippen molar-refractivity contribution in [2.45, 2.75) is 39.8 Å². The molecule has 0 aromatic heterocycles. The third-order valence-electron chi connectivity index (χ3n) is 1.39. The number of rotatable bonds is 1. The molecule has 56 valence electrons. The van der Waals surface area contributed by atoms with E-state index in [0.29, 0.717) is 0 Å². The Kier molecular flexibility index (Phi) is 2.65. The van der Waals surface area contributed by atoms with Crippen LogP contribution in [0.1, 0.15) is 27.7 Å². The van der Waals surface area contributed by atoms with Gasteiger partial charge in [0, 0.05) is 6.04 Å². The molecule has 9 heavy (non-hydrogen) atoms. The lowest BCUT2D eigenvalue weighted by atomic mass is 9.86. The second kappa shape index (κ2) is 2.67. The van der Waals surface area contributed by atoms with Crippen LogP contribution in [0.25, 0.3) is 0 Å². The van der Waals surface area contributed by atoms with E-state index < -0.39 is 6.10 Å². The Hall–Kier alpha value is -0.0800. The summed E-state index contributed by atoms with van der Waals surface area (Å²) in [5, 5.41) is 9.34. The molecule has 0 heterocycles. The van der Waals surface area contributed by atoms with Gasteiger partial charge in [0.05, 0.1) is 6.10 Å². The van der Waals surface area contributed by atoms with Crippen LogP contribution in [0.15, 0.2) is 0 Å². The van der Waals surface area contributed by atoms with Crippen LogP contribution in [0.5, 0.6) is 0 Å². The molecular weight excluding hydrogens is 114 g/mol. The molecular formula is C7H17NO. The molecule has 0 rings (SSSR count). The maximum absolute atomic E-state index is 9.34. The van der Waals surface area contributed by atoms with Gasteiger partial charge < -0.3 is 10.8 Å². The van der Waals surface area contributed by atoms with Crippen molar-refractivity contribution in [3.63, 3.8) is 0 Å². The van der Waals surface area contributed by atoms with Gasteiger partial charge in [-0.15, -0.1) is 0 Å². The summed E-state index contributed by atoms with van der Waals surface area (Å²) in [6.45, 7) is 7.74. The van der Waals surface area contributed by atoms with Crippen molar-refractivity contribution in [3.05, 3.63) is 0 Å². The molecule has 2 nitrogen and oxygen atoms in total. The van der Waals surface area contributed by atoms with Crippen molar-refractivity contribution in [3.8, 4) is 0 Å². The predicted octanol–water partition coefficient (Wildman–Crippen LogP) is 0.741. The highest BCUT2D eigenvalue weighted by atomic mass is 16.3. The highest BCUT2D eigenvalue weighted by Crippen LogP contribution is 2.20. The van der Waals surface area contributed by atoms with E-state index in [4.69, 9.17) is 5.73 Å². The maximum atomic E-state index is 9.34. The highest BCUT2D eigenvalue weighted by molar-refractivity contribution is 4.78. The molecule has 0 saturated carbocycles. The first-order valence-corrected chi connectivity index (χ1v) is 3.29. The monoisotopic (exact) mass is 131 g/mol. The Bertz CT molecular complexity index is 83.4. The van der Waals surface area contributed by atoms with Crippen LogP contribution in [0.2, 0.25) is 0 Å². The first-order valence-electron chi connectivity index (χ1n) is 3.29.